The molecule has 0 aliphatic carbocycles. The number of hydrogen-bond acceptors (Lipinski definition) is 9. The normalized spacial score (nSPS) is 18.0. The van der Waals surface area contributed by atoms with Gasteiger partial charge in [-0.15, -0.1) is 0 Å². The largest absolute Gasteiger partial charge is 0.394 e. The van der Waals surface area contributed by atoms with Gasteiger partial charge >= 0.3 is 6.03 Å². The SMILES string of the molecule is CC(C)(C)NC(=O)N1CCC2(CC1)C(=O)N(c1ccc(CNC(=O)CCCCCCCCCCC(=O)NC[C@@H](O)[C@H](O)[C@@H](O)[C@@H](O)CO)cc1)C2c1ccc(-c2ccccc2)cc1. The number of rotatable bonds is 22. The summed E-state index contributed by atoms with van der Waals surface area (Å²) >= 11 is 0. The molecule has 0 aromatic heterocycles. The van der Waals surface area contributed by atoms with Crippen molar-refractivity contribution in [1.29, 1.82) is 0 Å². The molecule has 2 aliphatic rings. The highest BCUT2D eigenvalue weighted by molar-refractivity contribution is 6.06. The summed E-state index contributed by atoms with van der Waals surface area (Å²) in [5.74, 6) is -0.205. The van der Waals surface area contributed by atoms with E-state index in [1.807, 2.05) is 73.0 Å². The van der Waals surface area contributed by atoms with Gasteiger partial charge in [0.25, 0.3) is 0 Å². The van der Waals surface area contributed by atoms with E-state index in [4.69, 9.17) is 5.11 Å². The summed E-state index contributed by atoms with van der Waals surface area (Å²) in [6.45, 7) is 6.24. The fourth-order valence-corrected chi connectivity index (χ4v) is 8.56. The summed E-state index contributed by atoms with van der Waals surface area (Å²) in [5, 5.41) is 56.3. The van der Waals surface area contributed by atoms with Gasteiger partial charge in [-0.3, -0.25) is 14.4 Å². The highest BCUT2D eigenvalue weighted by Crippen LogP contribution is 2.57. The number of carbonyl (C=O) groups is 4. The van der Waals surface area contributed by atoms with Crippen molar-refractivity contribution in [2.75, 3.05) is 31.1 Å². The van der Waals surface area contributed by atoms with E-state index in [0.717, 1.165) is 72.9 Å². The number of β-lactam (4-membered cyclic amide) rings is 1. The quantitative estimate of drug-likeness (QED) is 0.0498. The van der Waals surface area contributed by atoms with Gasteiger partial charge < -0.3 is 51.3 Å². The van der Waals surface area contributed by atoms with Gasteiger partial charge in [-0.1, -0.05) is 105 Å². The first-order valence-electron chi connectivity index (χ1n) is 22.6. The zero-order valence-electron chi connectivity index (χ0n) is 37.2. The molecule has 8 N–H and O–H groups in total. The molecule has 3 aromatic carbocycles. The van der Waals surface area contributed by atoms with Gasteiger partial charge in [0.15, 0.2) is 0 Å². The third-order valence-corrected chi connectivity index (χ3v) is 12.3. The Hall–Kier alpha value is -4.86. The van der Waals surface area contributed by atoms with Crippen LogP contribution < -0.4 is 20.9 Å². The first-order chi connectivity index (χ1) is 30.1. The molecule has 0 bridgehead atoms. The van der Waals surface area contributed by atoms with Crippen LogP contribution in [0.1, 0.15) is 115 Å². The molecule has 2 aliphatic heterocycles. The first kappa shape index (κ1) is 49.2. The van der Waals surface area contributed by atoms with Crippen molar-refractivity contribution < 1.29 is 44.7 Å². The van der Waals surface area contributed by atoms with Crippen LogP contribution in [0.5, 0.6) is 0 Å². The molecule has 5 atom stereocenters. The lowest BCUT2D eigenvalue weighted by Gasteiger charge is -2.59. The summed E-state index contributed by atoms with van der Waals surface area (Å²) in [5.41, 5.74) is 4.09. The van der Waals surface area contributed by atoms with Crippen LogP contribution in [-0.2, 0) is 20.9 Å². The molecular formula is C49H69N5O9. The number of hydrogen-bond donors (Lipinski definition) is 8. The van der Waals surface area contributed by atoms with Crippen LogP contribution in [0.2, 0.25) is 0 Å². The van der Waals surface area contributed by atoms with E-state index in [1.54, 1.807) is 0 Å². The third kappa shape index (κ3) is 13.6. The van der Waals surface area contributed by atoms with E-state index < -0.39 is 36.4 Å². The van der Waals surface area contributed by atoms with E-state index >= 15 is 0 Å². The Morgan fingerprint density at radius 1 is 0.698 bits per heavy atom. The molecule has 344 valence electrons. The molecule has 1 unspecified atom stereocenters. The van der Waals surface area contributed by atoms with Crippen LogP contribution in [0.3, 0.4) is 0 Å². The fourth-order valence-electron chi connectivity index (χ4n) is 8.56. The number of benzene rings is 3. The lowest BCUT2D eigenvalue weighted by Crippen LogP contribution is -2.67. The highest BCUT2D eigenvalue weighted by Gasteiger charge is 2.62. The molecule has 63 heavy (non-hydrogen) atoms. The van der Waals surface area contributed by atoms with Crippen LogP contribution in [0.4, 0.5) is 10.5 Å². The van der Waals surface area contributed by atoms with Gasteiger partial charge in [-0.25, -0.2) is 4.79 Å². The Morgan fingerprint density at radius 2 is 1.22 bits per heavy atom. The summed E-state index contributed by atoms with van der Waals surface area (Å²) in [4.78, 5) is 55.7. The topological polar surface area (TPSA) is 212 Å². The predicted octanol–water partition coefficient (Wildman–Crippen LogP) is 5.10. The molecule has 14 heteroatoms. The number of aliphatic hydroxyl groups is 5. The number of carbonyl (C=O) groups excluding carboxylic acids is 4. The minimum atomic E-state index is -1.73. The van der Waals surface area contributed by atoms with Gasteiger partial charge in [-0.05, 0) is 80.8 Å². The second-order valence-electron chi connectivity index (χ2n) is 18.3. The van der Waals surface area contributed by atoms with E-state index in [1.165, 1.54) is 0 Å². The molecule has 0 saturated carbocycles. The van der Waals surface area contributed by atoms with Crippen molar-refractivity contribution in [2.24, 2.45) is 5.41 Å². The molecule has 5 rings (SSSR count). The average molecular weight is 872 g/mol. The molecule has 14 nitrogen and oxygen atoms in total. The molecule has 1 spiro atoms. The number of piperidine rings is 1. The number of amides is 5. The lowest BCUT2D eigenvalue weighted by atomic mass is 9.62. The van der Waals surface area contributed by atoms with Crippen LogP contribution in [0, 0.1) is 5.41 Å². The monoisotopic (exact) mass is 872 g/mol. The molecule has 2 heterocycles. The maximum atomic E-state index is 14.3. The average Bonchev–Trinajstić information content (AvgIpc) is 3.28. The number of nitrogens with one attached hydrogen (secondary N) is 3. The number of urea groups is 1. The van der Waals surface area contributed by atoms with Crippen LogP contribution in [0.25, 0.3) is 11.1 Å². The second-order valence-corrected chi connectivity index (χ2v) is 18.3. The van der Waals surface area contributed by atoms with E-state index in [2.05, 4.69) is 52.3 Å². The van der Waals surface area contributed by atoms with Gasteiger partial charge in [0.05, 0.1) is 24.2 Å². The Balaban J connectivity index is 1.02. The Kier molecular flexibility index (Phi) is 18.1. The van der Waals surface area contributed by atoms with Crippen molar-refractivity contribution >= 4 is 29.4 Å². The summed E-state index contributed by atoms with van der Waals surface area (Å²) in [7, 11) is 0. The van der Waals surface area contributed by atoms with Gasteiger partial charge in [0.2, 0.25) is 17.7 Å². The van der Waals surface area contributed by atoms with Crippen LogP contribution in [-0.4, -0.2) is 110 Å². The first-order valence-corrected chi connectivity index (χ1v) is 22.6. The van der Waals surface area contributed by atoms with Crippen molar-refractivity contribution in [2.45, 2.75) is 140 Å². The Morgan fingerprint density at radius 3 is 1.78 bits per heavy atom. The maximum absolute atomic E-state index is 14.3. The number of unbranched alkanes of at least 4 members (excludes halogenated alkanes) is 7. The lowest BCUT2D eigenvalue weighted by molar-refractivity contribution is -0.144. The van der Waals surface area contributed by atoms with Crippen molar-refractivity contribution in [3.05, 3.63) is 90.0 Å². The molecule has 2 saturated heterocycles. The van der Waals surface area contributed by atoms with Gasteiger partial charge in [0, 0.05) is 50.2 Å². The number of aliphatic hydroxyl groups excluding tert-OH is 5. The Labute approximate surface area is 372 Å². The van der Waals surface area contributed by atoms with Crippen molar-refractivity contribution in [3.8, 4) is 11.1 Å². The van der Waals surface area contributed by atoms with E-state index in [0.29, 0.717) is 45.3 Å². The van der Waals surface area contributed by atoms with Crippen LogP contribution >= 0.6 is 0 Å². The fraction of sp³-hybridized carbons (Fsp3) is 0.551. The maximum Gasteiger partial charge on any atom is 0.317 e. The number of anilines is 1. The molecule has 3 aromatic rings. The standard InChI is InChI=1S/C49H69N5O9/c1-48(2,3)52-47(63)53-29-27-49(28-30-53)45(37-23-21-36(22-24-37)35-15-11-10-12-16-35)54(46(49)62)38-25-19-34(20-26-38)31-50-41(58)17-13-8-6-4-5-7-9-14-18-42(59)51-32-39(56)43(60)44(61)40(57)33-55/h10-12,15-16,19-26,39-40,43-45,55-57,60-61H,4-9,13-14,17-18,27-33H2,1-3H3,(H,50,58)(H,51,59)(H,52,63)/t39-,40+,43+,44+,45?/m1/s1. The minimum Gasteiger partial charge on any atom is -0.394 e. The molecule has 2 fully saturated rings. The van der Waals surface area contributed by atoms with Crippen LogP contribution in [0.15, 0.2) is 78.9 Å². The van der Waals surface area contributed by atoms with Crippen molar-refractivity contribution in [1.82, 2.24) is 20.9 Å². The van der Waals surface area contributed by atoms with Gasteiger partial charge in [0.1, 0.15) is 18.3 Å². The molecule has 5 amide bonds. The van der Waals surface area contributed by atoms with Gasteiger partial charge in [-0.2, -0.15) is 0 Å². The highest BCUT2D eigenvalue weighted by atomic mass is 16.4. The van der Waals surface area contributed by atoms with Crippen molar-refractivity contribution in [3.63, 3.8) is 0 Å². The number of nitrogens with zero attached hydrogens (tertiary/aromatic N) is 2. The zero-order chi connectivity index (χ0) is 45.6. The third-order valence-electron chi connectivity index (χ3n) is 12.3. The smallest absolute Gasteiger partial charge is 0.317 e. The summed E-state index contributed by atoms with van der Waals surface area (Å²) in [6.07, 6.45) is 2.74. The second kappa shape index (κ2) is 23.2. The van der Waals surface area contributed by atoms with E-state index in [9.17, 15) is 39.6 Å². The molecule has 0 radical (unpaired) electrons. The summed E-state index contributed by atoms with van der Waals surface area (Å²) in [6, 6.07) is 26.3. The predicted molar refractivity (Wildman–Crippen MR) is 242 cm³/mol. The van der Waals surface area contributed by atoms with E-state index in [-0.39, 0.29) is 48.3 Å². The Bertz CT molecular complexity index is 1910. The zero-order valence-corrected chi connectivity index (χ0v) is 37.2. The minimum absolute atomic E-state index is 0.000268. The number of likely N-dealkylation sites (tertiary alicyclic amines) is 1. The summed E-state index contributed by atoms with van der Waals surface area (Å²) < 4.78 is 0. The molecular weight excluding hydrogens is 803 g/mol.